The van der Waals surface area contributed by atoms with Gasteiger partial charge in [-0.15, -0.1) is 0 Å². The molecule has 0 saturated heterocycles. The molecule has 0 atom stereocenters. The Bertz CT molecular complexity index is 1720. The highest BCUT2D eigenvalue weighted by Gasteiger charge is 2.20. The fourth-order valence-electron chi connectivity index (χ4n) is 4.73. The molecule has 0 fully saturated rings. The minimum Gasteiger partial charge on any atom is -0.493 e. The molecule has 0 radical (unpaired) electrons. The first-order valence-corrected chi connectivity index (χ1v) is 15.2. The Morgan fingerprint density at radius 1 is 0.955 bits per heavy atom. The van der Waals surface area contributed by atoms with Gasteiger partial charge >= 0.3 is 0 Å². The first-order chi connectivity index (χ1) is 21.4. The van der Waals surface area contributed by atoms with Gasteiger partial charge < -0.3 is 29.6 Å². The van der Waals surface area contributed by atoms with Gasteiger partial charge in [-0.25, -0.2) is 4.98 Å². The van der Waals surface area contributed by atoms with E-state index >= 15 is 0 Å². The summed E-state index contributed by atoms with van der Waals surface area (Å²) in [6, 6.07) is 16.5. The third-order valence-corrected chi connectivity index (χ3v) is 8.11. The molecule has 2 heterocycles. The third kappa shape index (κ3) is 7.25. The molecule has 0 unspecified atom stereocenters. The number of benzene rings is 3. The van der Waals surface area contributed by atoms with Gasteiger partial charge in [0.25, 0.3) is 5.56 Å². The lowest BCUT2D eigenvalue weighted by molar-refractivity contribution is -0.121. The summed E-state index contributed by atoms with van der Waals surface area (Å²) in [4.78, 5) is 43.9. The Hall–Kier alpha value is -4.71. The molecule has 4 aromatic rings. The summed E-state index contributed by atoms with van der Waals surface area (Å²) < 4.78 is 23.0. The van der Waals surface area contributed by atoms with Crippen LogP contribution in [0.2, 0.25) is 0 Å². The van der Waals surface area contributed by atoms with Gasteiger partial charge in [0.15, 0.2) is 28.2 Å². The number of nitrogens with one attached hydrogen (secondary N) is 2. The highest BCUT2D eigenvalue weighted by Crippen LogP contribution is 2.35. The molecule has 3 aromatic carbocycles. The molecule has 44 heavy (non-hydrogen) atoms. The molecule has 11 nitrogen and oxygen atoms in total. The molecule has 230 valence electrons. The van der Waals surface area contributed by atoms with E-state index in [1.807, 2.05) is 42.5 Å². The lowest BCUT2D eigenvalue weighted by Crippen LogP contribution is -2.30. The normalized spacial score (nSPS) is 11.8. The van der Waals surface area contributed by atoms with Crippen LogP contribution in [0.3, 0.4) is 0 Å². The second-order valence-electron chi connectivity index (χ2n) is 10.0. The van der Waals surface area contributed by atoms with E-state index in [0.717, 1.165) is 23.7 Å². The second-order valence-corrected chi connectivity index (χ2v) is 10.9. The van der Waals surface area contributed by atoms with Gasteiger partial charge in [0, 0.05) is 31.3 Å². The number of fused-ring (bicyclic) bond motifs is 2. The number of carbonyl (C=O) groups excluding carboxylic acids is 2. The number of ether oxygens (including phenoxy) is 4. The Labute approximate surface area is 258 Å². The minimum absolute atomic E-state index is 0.0234. The summed E-state index contributed by atoms with van der Waals surface area (Å²) in [5, 5.41) is 6.46. The SMILES string of the molecule is CCc1ccc(NC(=O)CSc2nc3cc4c(cc3c(=O)n2CCC(=O)NCCc2ccc(OC)c(OC)c2)OCO4)cc1. The van der Waals surface area contributed by atoms with E-state index < -0.39 is 0 Å². The Morgan fingerprint density at radius 2 is 1.68 bits per heavy atom. The molecule has 2 N–H and O–H groups in total. The van der Waals surface area contributed by atoms with Crippen LogP contribution in [0.25, 0.3) is 10.9 Å². The molecule has 1 aliphatic heterocycles. The summed E-state index contributed by atoms with van der Waals surface area (Å²) in [7, 11) is 3.15. The molecular formula is C32H34N4O7S. The van der Waals surface area contributed by atoms with Gasteiger partial charge in [-0.2, -0.15) is 0 Å². The van der Waals surface area contributed by atoms with Crippen LogP contribution < -0.4 is 35.1 Å². The van der Waals surface area contributed by atoms with Crippen molar-refractivity contribution in [2.45, 2.75) is 37.9 Å². The van der Waals surface area contributed by atoms with E-state index in [-0.39, 0.29) is 42.9 Å². The average Bonchev–Trinajstić information content (AvgIpc) is 3.50. The molecule has 0 bridgehead atoms. The second kappa shape index (κ2) is 14.2. The van der Waals surface area contributed by atoms with Crippen molar-refractivity contribution >= 4 is 40.2 Å². The van der Waals surface area contributed by atoms with Crippen molar-refractivity contribution in [1.29, 1.82) is 0 Å². The number of nitrogens with zero attached hydrogens (tertiary/aromatic N) is 2. The predicted octanol–water partition coefficient (Wildman–Crippen LogP) is 4.18. The maximum absolute atomic E-state index is 13.6. The van der Waals surface area contributed by atoms with Crippen LogP contribution in [0.5, 0.6) is 23.0 Å². The number of hydrogen-bond acceptors (Lipinski definition) is 9. The average molecular weight is 619 g/mol. The highest BCUT2D eigenvalue weighted by molar-refractivity contribution is 7.99. The Balaban J connectivity index is 1.27. The Kier molecular flexibility index (Phi) is 9.90. The van der Waals surface area contributed by atoms with E-state index in [4.69, 9.17) is 18.9 Å². The van der Waals surface area contributed by atoms with Crippen molar-refractivity contribution in [1.82, 2.24) is 14.9 Å². The number of hydrogen-bond donors (Lipinski definition) is 2. The van der Waals surface area contributed by atoms with E-state index in [2.05, 4.69) is 22.5 Å². The zero-order chi connectivity index (χ0) is 31.1. The van der Waals surface area contributed by atoms with Gasteiger partial charge in [0.05, 0.1) is 30.9 Å². The fourth-order valence-corrected chi connectivity index (χ4v) is 5.56. The van der Waals surface area contributed by atoms with Crippen molar-refractivity contribution in [2.75, 3.05) is 38.6 Å². The van der Waals surface area contributed by atoms with E-state index in [0.29, 0.717) is 57.7 Å². The van der Waals surface area contributed by atoms with Gasteiger partial charge in [-0.05, 0) is 54.3 Å². The van der Waals surface area contributed by atoms with E-state index in [1.54, 1.807) is 26.4 Å². The number of rotatable bonds is 13. The monoisotopic (exact) mass is 618 g/mol. The zero-order valence-electron chi connectivity index (χ0n) is 24.8. The van der Waals surface area contributed by atoms with Gasteiger partial charge in [-0.1, -0.05) is 36.9 Å². The van der Waals surface area contributed by atoms with Crippen LogP contribution in [-0.2, 0) is 29.0 Å². The summed E-state index contributed by atoms with van der Waals surface area (Å²) >= 11 is 1.13. The van der Waals surface area contributed by atoms with E-state index in [1.165, 1.54) is 10.1 Å². The van der Waals surface area contributed by atoms with Crippen LogP contribution in [0.4, 0.5) is 5.69 Å². The number of thioether (sulfide) groups is 1. The van der Waals surface area contributed by atoms with Crippen LogP contribution in [0, 0.1) is 0 Å². The quantitative estimate of drug-likeness (QED) is 0.167. The molecule has 0 spiro atoms. The summed E-state index contributed by atoms with van der Waals surface area (Å²) in [5.74, 6) is 1.79. The summed E-state index contributed by atoms with van der Waals surface area (Å²) in [6.45, 7) is 2.62. The standard InChI is InChI=1S/C32H34N4O7S/c1-4-20-5-8-22(9-6-20)34-30(38)18-44-32-35-24-17-28-27(42-19-43-28)16-23(24)31(39)36(32)14-12-29(37)33-13-11-21-7-10-25(40-2)26(15-21)41-3/h5-10,15-17H,4,11-14,18-19H2,1-3H3,(H,33,37)(H,34,38). The topological polar surface area (TPSA) is 130 Å². The number of carbonyl (C=O) groups is 2. The third-order valence-electron chi connectivity index (χ3n) is 7.14. The van der Waals surface area contributed by atoms with E-state index in [9.17, 15) is 14.4 Å². The molecule has 5 rings (SSSR count). The van der Waals surface area contributed by atoms with Crippen molar-refractivity contribution in [3.05, 3.63) is 76.1 Å². The molecule has 1 aromatic heterocycles. The number of amides is 2. The fraction of sp³-hybridized carbons (Fsp3) is 0.312. The molecule has 12 heteroatoms. The number of anilines is 1. The number of aromatic nitrogens is 2. The maximum atomic E-state index is 13.6. The van der Waals surface area contributed by atoms with Crippen molar-refractivity contribution < 1.29 is 28.5 Å². The van der Waals surface area contributed by atoms with Crippen molar-refractivity contribution in [2.24, 2.45) is 0 Å². The molecular weight excluding hydrogens is 584 g/mol. The number of aryl methyl sites for hydroxylation is 1. The van der Waals surface area contributed by atoms with Gasteiger partial charge in [0.1, 0.15) is 0 Å². The molecule has 1 aliphatic rings. The molecule has 0 saturated carbocycles. The largest absolute Gasteiger partial charge is 0.493 e. The van der Waals surface area contributed by atoms with Crippen molar-refractivity contribution in [3.8, 4) is 23.0 Å². The maximum Gasteiger partial charge on any atom is 0.262 e. The van der Waals surface area contributed by atoms with Crippen molar-refractivity contribution in [3.63, 3.8) is 0 Å². The Morgan fingerprint density at radius 3 is 2.41 bits per heavy atom. The van der Waals surface area contributed by atoms with Gasteiger partial charge in [0.2, 0.25) is 18.6 Å². The summed E-state index contributed by atoms with van der Waals surface area (Å²) in [6.07, 6.45) is 1.55. The number of methoxy groups -OCH3 is 2. The lowest BCUT2D eigenvalue weighted by Gasteiger charge is -2.14. The summed E-state index contributed by atoms with van der Waals surface area (Å²) in [5.41, 5.74) is 2.94. The first kappa shape index (κ1) is 30.7. The van der Waals surface area contributed by atoms with Gasteiger partial charge in [-0.3, -0.25) is 19.0 Å². The molecule has 0 aliphatic carbocycles. The minimum atomic E-state index is -0.329. The molecule has 2 amide bonds. The predicted molar refractivity (Wildman–Crippen MR) is 168 cm³/mol. The first-order valence-electron chi connectivity index (χ1n) is 14.2. The smallest absolute Gasteiger partial charge is 0.262 e. The highest BCUT2D eigenvalue weighted by atomic mass is 32.2. The van der Waals surface area contributed by atoms with Crippen LogP contribution in [0.15, 0.2) is 64.5 Å². The van der Waals surface area contributed by atoms with Crippen LogP contribution >= 0.6 is 11.8 Å². The zero-order valence-corrected chi connectivity index (χ0v) is 25.6. The lowest BCUT2D eigenvalue weighted by atomic mass is 10.1. The van der Waals surface area contributed by atoms with Crippen LogP contribution in [0.1, 0.15) is 24.5 Å². The van der Waals surface area contributed by atoms with Crippen LogP contribution in [-0.4, -0.2) is 54.7 Å².